The molecule has 130 valence electrons. The maximum atomic E-state index is 14.0. The molecule has 0 saturated carbocycles. The van der Waals surface area contributed by atoms with Crippen LogP contribution in [-0.2, 0) is 0 Å². The van der Waals surface area contributed by atoms with E-state index in [2.05, 4.69) is 4.98 Å². The van der Waals surface area contributed by atoms with Crippen molar-refractivity contribution in [3.63, 3.8) is 0 Å². The van der Waals surface area contributed by atoms with E-state index in [4.69, 9.17) is 14.2 Å². The first-order valence-electron chi connectivity index (χ1n) is 7.58. The normalized spacial score (nSPS) is 10.8. The van der Waals surface area contributed by atoms with Crippen LogP contribution in [0.3, 0.4) is 0 Å². The third-order valence-corrected chi connectivity index (χ3v) is 4.06. The maximum absolute atomic E-state index is 14.0. The molecule has 25 heavy (non-hydrogen) atoms. The van der Waals surface area contributed by atoms with Gasteiger partial charge in [0.05, 0.1) is 32.5 Å². The molecule has 0 aliphatic rings. The van der Waals surface area contributed by atoms with E-state index in [1.807, 2.05) is 13.0 Å². The number of nitrogens with zero attached hydrogens (tertiary/aromatic N) is 1. The molecule has 5 nitrogen and oxygen atoms in total. The summed E-state index contributed by atoms with van der Waals surface area (Å²) in [5.74, 6) is 0.198. The van der Waals surface area contributed by atoms with Gasteiger partial charge in [-0.3, -0.25) is 0 Å². The minimum absolute atomic E-state index is 0.0741. The summed E-state index contributed by atoms with van der Waals surface area (Å²) in [6.07, 6.45) is 0. The summed E-state index contributed by atoms with van der Waals surface area (Å²) in [4.78, 5) is 4.60. The lowest BCUT2D eigenvalue weighted by atomic mass is 10.0. The quantitative estimate of drug-likeness (QED) is 0.773. The molecule has 0 aliphatic heterocycles. The topological polar surface area (TPSA) is 60.8 Å². The number of halogens is 1. The van der Waals surface area contributed by atoms with Gasteiger partial charge in [-0.25, -0.2) is 9.37 Å². The van der Waals surface area contributed by atoms with Gasteiger partial charge < -0.3 is 19.3 Å². The summed E-state index contributed by atoms with van der Waals surface area (Å²) in [7, 11) is 4.34. The molecule has 0 unspecified atom stereocenters. The Morgan fingerprint density at radius 2 is 1.48 bits per heavy atom. The summed E-state index contributed by atoms with van der Waals surface area (Å²) < 4.78 is 29.4. The van der Waals surface area contributed by atoms with E-state index in [0.717, 1.165) is 5.56 Å². The van der Waals surface area contributed by atoms with Crippen molar-refractivity contribution in [1.29, 1.82) is 0 Å². The number of hydrogen-bond acceptors (Lipinski definition) is 5. The molecule has 2 aromatic carbocycles. The average Bonchev–Trinajstić information content (AvgIpc) is 2.61. The Balaban J connectivity index is 2.24. The van der Waals surface area contributed by atoms with Crippen LogP contribution >= 0.6 is 0 Å². The Hall–Kier alpha value is -3.02. The van der Waals surface area contributed by atoms with E-state index in [1.165, 1.54) is 27.4 Å². The number of methoxy groups -OCH3 is 3. The molecule has 0 aliphatic carbocycles. The molecule has 0 fully saturated rings. The lowest BCUT2D eigenvalue weighted by molar-refractivity contribution is 0.340. The second-order valence-corrected chi connectivity index (χ2v) is 5.56. The van der Waals surface area contributed by atoms with Gasteiger partial charge in [-0.05, 0) is 36.8 Å². The van der Waals surface area contributed by atoms with E-state index in [-0.39, 0.29) is 23.0 Å². The molecule has 3 rings (SSSR count). The van der Waals surface area contributed by atoms with E-state index in [9.17, 15) is 9.50 Å². The number of phenols is 1. The van der Waals surface area contributed by atoms with Crippen molar-refractivity contribution in [2.24, 2.45) is 0 Å². The zero-order chi connectivity index (χ0) is 18.1. The molecule has 1 heterocycles. The molecule has 1 N–H and O–H groups in total. The van der Waals surface area contributed by atoms with Crippen molar-refractivity contribution in [2.45, 2.75) is 6.92 Å². The van der Waals surface area contributed by atoms with Crippen LogP contribution < -0.4 is 14.2 Å². The predicted molar refractivity (Wildman–Crippen MR) is 93.2 cm³/mol. The Bertz CT molecular complexity index is 931. The summed E-state index contributed by atoms with van der Waals surface area (Å²) in [5.41, 5.74) is 2.84. The van der Waals surface area contributed by atoms with Crippen molar-refractivity contribution in [1.82, 2.24) is 4.98 Å². The Kier molecular flexibility index (Phi) is 4.35. The number of phenolic OH excluding ortho intramolecular Hbond substituents is 1. The number of benzene rings is 2. The molecular weight excluding hydrogens is 325 g/mol. The number of aryl methyl sites for hydroxylation is 1. The summed E-state index contributed by atoms with van der Waals surface area (Å²) >= 11 is 0. The first kappa shape index (κ1) is 16.8. The number of fused-ring (bicyclic) bond motifs is 1. The van der Waals surface area contributed by atoms with Crippen molar-refractivity contribution in [2.75, 3.05) is 21.3 Å². The molecule has 0 saturated heterocycles. The summed E-state index contributed by atoms with van der Waals surface area (Å²) in [5, 5.41) is 10.8. The highest BCUT2D eigenvalue weighted by Gasteiger charge is 2.15. The largest absolute Gasteiger partial charge is 0.502 e. The van der Waals surface area contributed by atoms with Crippen LogP contribution in [0.1, 0.15) is 5.56 Å². The van der Waals surface area contributed by atoms with Crippen LogP contribution in [0.2, 0.25) is 0 Å². The standard InChI is InChI=1S/C19H18FNO4/c1-10-5-14(11-6-17(24-3)19(22)18(7-11)25-4)21-15-9-16(23-2)13(20)8-12(10)15/h5-9,22H,1-4H3. The molecule has 0 amide bonds. The smallest absolute Gasteiger partial charge is 0.200 e. The fourth-order valence-electron chi connectivity index (χ4n) is 2.74. The number of ether oxygens (including phenoxy) is 3. The zero-order valence-electron chi connectivity index (χ0n) is 14.4. The number of aromatic nitrogens is 1. The minimum atomic E-state index is -0.430. The van der Waals surface area contributed by atoms with Crippen LogP contribution in [-0.4, -0.2) is 31.4 Å². The van der Waals surface area contributed by atoms with Gasteiger partial charge >= 0.3 is 0 Å². The SMILES string of the molecule is COc1cc2nc(-c3cc(OC)c(O)c(OC)c3)cc(C)c2cc1F. The second-order valence-electron chi connectivity index (χ2n) is 5.56. The second kappa shape index (κ2) is 6.47. The minimum Gasteiger partial charge on any atom is -0.502 e. The summed E-state index contributed by atoms with van der Waals surface area (Å²) in [6, 6.07) is 8.17. The van der Waals surface area contributed by atoms with Gasteiger partial charge in [0.15, 0.2) is 23.1 Å². The van der Waals surface area contributed by atoms with Crippen LogP contribution in [0.4, 0.5) is 4.39 Å². The van der Waals surface area contributed by atoms with E-state index in [1.54, 1.807) is 18.2 Å². The van der Waals surface area contributed by atoms with Crippen molar-refractivity contribution in [3.05, 3.63) is 41.7 Å². The van der Waals surface area contributed by atoms with Crippen molar-refractivity contribution in [3.8, 4) is 34.3 Å². The third-order valence-electron chi connectivity index (χ3n) is 4.06. The number of aromatic hydroxyl groups is 1. The molecule has 3 aromatic rings. The van der Waals surface area contributed by atoms with E-state index >= 15 is 0 Å². The molecule has 0 atom stereocenters. The molecular formula is C19H18FNO4. The highest BCUT2D eigenvalue weighted by molar-refractivity contribution is 5.86. The van der Waals surface area contributed by atoms with Gasteiger partial charge in [0.25, 0.3) is 0 Å². The molecule has 6 heteroatoms. The monoisotopic (exact) mass is 343 g/mol. The number of rotatable bonds is 4. The van der Waals surface area contributed by atoms with E-state index < -0.39 is 5.82 Å². The van der Waals surface area contributed by atoms with Crippen LogP contribution in [0, 0.1) is 12.7 Å². The highest BCUT2D eigenvalue weighted by Crippen LogP contribution is 2.40. The van der Waals surface area contributed by atoms with Crippen LogP contribution in [0.5, 0.6) is 23.0 Å². The van der Waals surface area contributed by atoms with Crippen LogP contribution in [0.25, 0.3) is 22.2 Å². The maximum Gasteiger partial charge on any atom is 0.200 e. The molecule has 0 radical (unpaired) electrons. The highest BCUT2D eigenvalue weighted by atomic mass is 19.1. The van der Waals surface area contributed by atoms with Gasteiger partial charge in [-0.2, -0.15) is 0 Å². The lowest BCUT2D eigenvalue weighted by Crippen LogP contribution is -1.95. The Morgan fingerprint density at radius 3 is 2.04 bits per heavy atom. The van der Waals surface area contributed by atoms with Crippen molar-refractivity contribution >= 4 is 10.9 Å². The molecule has 0 spiro atoms. The fourth-order valence-corrected chi connectivity index (χ4v) is 2.74. The Labute approximate surface area is 144 Å². The first-order chi connectivity index (χ1) is 12.0. The average molecular weight is 343 g/mol. The third kappa shape index (κ3) is 2.91. The fraction of sp³-hybridized carbons (Fsp3) is 0.211. The molecule has 1 aromatic heterocycles. The van der Waals surface area contributed by atoms with Gasteiger partial charge in [-0.15, -0.1) is 0 Å². The van der Waals surface area contributed by atoms with Gasteiger partial charge in [0.1, 0.15) is 0 Å². The predicted octanol–water partition coefficient (Wildman–Crippen LogP) is 4.08. The van der Waals surface area contributed by atoms with E-state index in [0.29, 0.717) is 22.2 Å². The van der Waals surface area contributed by atoms with Gasteiger partial charge in [0, 0.05) is 17.0 Å². The zero-order valence-corrected chi connectivity index (χ0v) is 14.4. The first-order valence-corrected chi connectivity index (χ1v) is 7.58. The lowest BCUT2D eigenvalue weighted by Gasteiger charge is -2.13. The van der Waals surface area contributed by atoms with Gasteiger partial charge in [0.2, 0.25) is 5.75 Å². The number of hydrogen-bond donors (Lipinski definition) is 1. The molecule has 0 bridgehead atoms. The number of pyridine rings is 1. The van der Waals surface area contributed by atoms with Crippen molar-refractivity contribution < 1.29 is 23.7 Å². The van der Waals surface area contributed by atoms with Gasteiger partial charge in [-0.1, -0.05) is 0 Å². The van der Waals surface area contributed by atoms with Crippen LogP contribution in [0.15, 0.2) is 30.3 Å². The summed E-state index contributed by atoms with van der Waals surface area (Å²) in [6.45, 7) is 1.88. The Morgan fingerprint density at radius 1 is 0.880 bits per heavy atom.